The van der Waals surface area contributed by atoms with Crippen molar-refractivity contribution in [2.75, 3.05) is 12.4 Å². The lowest BCUT2D eigenvalue weighted by molar-refractivity contribution is -0.189. The number of nitrogens with zero attached hydrogens (tertiary/aromatic N) is 4. The lowest BCUT2D eigenvalue weighted by Gasteiger charge is -2.64. The highest BCUT2D eigenvalue weighted by Gasteiger charge is 2.63. The van der Waals surface area contributed by atoms with Gasteiger partial charge in [-0.2, -0.15) is 5.10 Å². The maximum absolute atomic E-state index is 12.3. The van der Waals surface area contributed by atoms with Gasteiger partial charge in [0.2, 0.25) is 0 Å². The topological polar surface area (TPSA) is 138 Å². The van der Waals surface area contributed by atoms with Gasteiger partial charge >= 0.3 is 11.8 Å². The molecule has 162 valence electrons. The van der Waals surface area contributed by atoms with Gasteiger partial charge < -0.3 is 15.4 Å². The van der Waals surface area contributed by atoms with Crippen molar-refractivity contribution in [2.45, 2.75) is 56.6 Å². The minimum atomic E-state index is -0.805. The molecule has 2 amide bonds. The molecule has 31 heavy (non-hydrogen) atoms. The van der Waals surface area contributed by atoms with Crippen LogP contribution in [0.3, 0.4) is 0 Å². The third kappa shape index (κ3) is 2.57. The van der Waals surface area contributed by atoms with Crippen molar-refractivity contribution in [2.24, 2.45) is 11.3 Å². The summed E-state index contributed by atoms with van der Waals surface area (Å²) in [4.78, 5) is 27.2. The van der Waals surface area contributed by atoms with Crippen LogP contribution in [0.15, 0.2) is 12.3 Å². The lowest BCUT2D eigenvalue weighted by atomic mass is 9.46. The molecular weight excluding hydrogens is 398 g/mol. The Morgan fingerprint density at radius 1 is 1.19 bits per heavy atom. The van der Waals surface area contributed by atoms with E-state index in [2.05, 4.69) is 32.7 Å². The van der Waals surface area contributed by atoms with Crippen LogP contribution in [0.2, 0.25) is 0 Å². The summed E-state index contributed by atoms with van der Waals surface area (Å²) in [6.45, 7) is 2.27. The van der Waals surface area contributed by atoms with Crippen LogP contribution >= 0.6 is 0 Å². The summed E-state index contributed by atoms with van der Waals surface area (Å²) in [5, 5.41) is 30.5. The second-order valence-electron chi connectivity index (χ2n) is 10.2. The zero-order valence-electron chi connectivity index (χ0n) is 17.5. The molecule has 3 aromatic heterocycles. The van der Waals surface area contributed by atoms with Crippen LogP contribution in [0.4, 0.5) is 5.82 Å². The van der Waals surface area contributed by atoms with Gasteiger partial charge in [0.25, 0.3) is 0 Å². The van der Waals surface area contributed by atoms with E-state index in [0.29, 0.717) is 23.5 Å². The molecule has 0 aromatic carbocycles. The number of rotatable bonds is 2. The highest BCUT2D eigenvalue weighted by atomic mass is 16.3. The first-order valence-corrected chi connectivity index (χ1v) is 10.7. The molecule has 4 bridgehead atoms. The molecular formula is C21H25N7O3. The number of hydrogen-bond acceptors (Lipinski definition) is 6. The molecule has 3 heterocycles. The van der Waals surface area contributed by atoms with Crippen molar-refractivity contribution in [3.63, 3.8) is 0 Å². The van der Waals surface area contributed by atoms with Crippen LogP contribution in [-0.2, 0) is 15.1 Å². The minimum Gasteiger partial charge on any atom is -0.390 e. The van der Waals surface area contributed by atoms with Crippen LogP contribution in [0.5, 0.6) is 0 Å². The van der Waals surface area contributed by atoms with E-state index in [1.54, 1.807) is 6.20 Å². The van der Waals surface area contributed by atoms with Crippen LogP contribution in [0.25, 0.3) is 22.1 Å². The Morgan fingerprint density at radius 3 is 2.77 bits per heavy atom. The van der Waals surface area contributed by atoms with E-state index in [4.69, 9.17) is 5.10 Å². The van der Waals surface area contributed by atoms with Gasteiger partial charge in [0.15, 0.2) is 17.0 Å². The van der Waals surface area contributed by atoms with Crippen molar-refractivity contribution in [3.8, 4) is 0 Å². The highest BCUT2D eigenvalue weighted by Crippen LogP contribution is 2.65. The molecule has 2 unspecified atom stereocenters. The van der Waals surface area contributed by atoms with Crippen LogP contribution < -0.4 is 10.6 Å². The first-order chi connectivity index (χ1) is 14.7. The normalized spacial score (nSPS) is 33.8. The van der Waals surface area contributed by atoms with E-state index in [0.717, 1.165) is 43.0 Å². The number of nitrogens with one attached hydrogen (secondary N) is 3. The average Bonchev–Trinajstić information content (AvgIpc) is 3.29. The predicted molar refractivity (Wildman–Crippen MR) is 112 cm³/mol. The van der Waals surface area contributed by atoms with Crippen LogP contribution in [-0.4, -0.2) is 54.5 Å². The molecule has 0 spiro atoms. The van der Waals surface area contributed by atoms with Crippen molar-refractivity contribution >= 4 is 39.7 Å². The molecule has 3 aromatic rings. The Kier molecular flexibility index (Phi) is 3.51. The maximum atomic E-state index is 12.3. The van der Waals surface area contributed by atoms with Crippen molar-refractivity contribution in [3.05, 3.63) is 12.3 Å². The number of likely N-dealkylation sites (N-methyl/N-ethyl adjacent to an activating group) is 1. The van der Waals surface area contributed by atoms with Crippen LogP contribution in [0, 0.1) is 11.3 Å². The Labute approximate surface area is 177 Å². The zero-order chi connectivity index (χ0) is 21.6. The van der Waals surface area contributed by atoms with Gasteiger partial charge in [0.05, 0.1) is 11.1 Å². The molecule has 7 rings (SSSR count). The van der Waals surface area contributed by atoms with E-state index in [9.17, 15) is 14.7 Å². The van der Waals surface area contributed by atoms with E-state index >= 15 is 0 Å². The summed E-state index contributed by atoms with van der Waals surface area (Å²) in [5.74, 6) is -0.908. The van der Waals surface area contributed by atoms with Crippen molar-refractivity contribution in [1.29, 1.82) is 0 Å². The smallest absolute Gasteiger partial charge is 0.314 e. The second-order valence-corrected chi connectivity index (χ2v) is 10.2. The third-order valence-electron chi connectivity index (χ3n) is 7.49. The molecule has 4 N–H and O–H groups in total. The van der Waals surface area contributed by atoms with Crippen molar-refractivity contribution in [1.82, 2.24) is 30.3 Å². The Balaban J connectivity index is 1.57. The van der Waals surface area contributed by atoms with Crippen molar-refractivity contribution < 1.29 is 14.7 Å². The molecule has 4 saturated carbocycles. The molecule has 4 aliphatic rings. The lowest BCUT2D eigenvalue weighted by Crippen LogP contribution is -2.63. The number of aliphatic hydroxyl groups is 1. The molecule has 4 aliphatic carbocycles. The first kappa shape index (κ1) is 18.7. The standard InChI is InChI=1S/C21H25N7O3/c1-19-5-11-6-20(8-19,10-21(31,7-11)9-19)28-14-12-3-4-23-15(12)26-25-13(14)16(27-28)24-18(30)17(29)22-2/h3-4,11,31H,5-10H2,1-2H3,(H,22,29)(H,23,26)(H,24,27,30)/t11-,19+,20?,21?/m1/s1. The number of carbonyl (C=O) groups excluding carboxylic acids is 2. The van der Waals surface area contributed by atoms with Gasteiger partial charge in [-0.25, -0.2) is 0 Å². The van der Waals surface area contributed by atoms with Crippen LogP contribution in [0.1, 0.15) is 45.4 Å². The number of amides is 2. The summed E-state index contributed by atoms with van der Waals surface area (Å²) < 4.78 is 1.97. The Hall–Kier alpha value is -3.01. The maximum Gasteiger partial charge on any atom is 0.314 e. The molecule has 10 heteroatoms. The second kappa shape index (κ2) is 5.82. The fraction of sp³-hybridized carbons (Fsp3) is 0.571. The predicted octanol–water partition coefficient (Wildman–Crippen LogP) is 1.42. The zero-order valence-corrected chi connectivity index (χ0v) is 17.5. The Bertz CT molecular complexity index is 1240. The quantitative estimate of drug-likeness (QED) is 0.460. The third-order valence-corrected chi connectivity index (χ3v) is 7.49. The van der Waals surface area contributed by atoms with E-state index < -0.39 is 17.4 Å². The Morgan fingerprint density at radius 2 is 2.03 bits per heavy atom. The van der Waals surface area contributed by atoms with Gasteiger partial charge in [-0.05, 0) is 49.5 Å². The largest absolute Gasteiger partial charge is 0.390 e. The van der Waals surface area contributed by atoms with Gasteiger partial charge in [-0.1, -0.05) is 6.92 Å². The SMILES string of the molecule is CNC(=O)C(=O)Nc1nn(C23C[C@@H]4CC(O)(C2)C[C@@](C)(C4)C3)c2c1nnc1[nH]ccc12. The first-order valence-electron chi connectivity index (χ1n) is 10.7. The summed E-state index contributed by atoms with van der Waals surface area (Å²) >= 11 is 0. The molecule has 10 nitrogen and oxygen atoms in total. The number of fused-ring (bicyclic) bond motifs is 3. The number of H-pyrrole nitrogens is 1. The van der Waals surface area contributed by atoms with E-state index in [1.165, 1.54) is 7.05 Å². The van der Waals surface area contributed by atoms with Gasteiger partial charge in [-0.3, -0.25) is 19.6 Å². The number of anilines is 1. The molecule has 4 fully saturated rings. The number of aromatic amines is 1. The van der Waals surface area contributed by atoms with Gasteiger partial charge in [-0.15, -0.1) is 10.2 Å². The number of hydrogen-bond donors (Lipinski definition) is 4. The summed E-state index contributed by atoms with van der Waals surface area (Å²) in [7, 11) is 1.40. The summed E-state index contributed by atoms with van der Waals surface area (Å²) in [6.07, 6.45) is 7.04. The summed E-state index contributed by atoms with van der Waals surface area (Å²) in [6, 6.07) is 1.92. The minimum absolute atomic E-state index is 0.0513. The van der Waals surface area contributed by atoms with Gasteiger partial charge in [0.1, 0.15) is 5.52 Å². The van der Waals surface area contributed by atoms with E-state index in [-0.39, 0.29) is 16.8 Å². The molecule has 0 saturated heterocycles. The summed E-state index contributed by atoms with van der Waals surface area (Å²) in [5.41, 5.74) is 0.827. The molecule has 0 radical (unpaired) electrons. The highest BCUT2D eigenvalue weighted by molar-refractivity contribution is 6.40. The van der Waals surface area contributed by atoms with Gasteiger partial charge in [0, 0.05) is 25.1 Å². The number of carbonyl (C=O) groups is 2. The fourth-order valence-electron chi connectivity index (χ4n) is 7.23. The molecule has 4 atom stereocenters. The average molecular weight is 423 g/mol. The monoisotopic (exact) mass is 423 g/mol. The van der Waals surface area contributed by atoms with E-state index in [1.807, 2.05) is 10.7 Å². The number of aromatic nitrogens is 5. The molecule has 0 aliphatic heterocycles. The fourth-order valence-corrected chi connectivity index (χ4v) is 7.23.